The first kappa shape index (κ1) is 23.9. The van der Waals surface area contributed by atoms with Crippen LogP contribution in [0.15, 0.2) is 35.6 Å². The van der Waals surface area contributed by atoms with Crippen molar-refractivity contribution in [2.75, 3.05) is 13.2 Å². The number of benzene rings is 1. The summed E-state index contributed by atoms with van der Waals surface area (Å²) in [5.74, 6) is -0.864. The zero-order valence-corrected chi connectivity index (χ0v) is 19.9. The van der Waals surface area contributed by atoms with E-state index >= 15 is 0 Å². The number of halogens is 1. The van der Waals surface area contributed by atoms with Gasteiger partial charge in [-0.25, -0.2) is 17.8 Å². The lowest BCUT2D eigenvalue weighted by atomic mass is 10.1. The monoisotopic (exact) mass is 477 g/mol. The van der Waals surface area contributed by atoms with Crippen molar-refractivity contribution in [3.05, 3.63) is 47.5 Å². The maximum Gasteiger partial charge on any atom is 0.228 e. The lowest BCUT2D eigenvalue weighted by molar-refractivity contribution is -0.135. The van der Waals surface area contributed by atoms with Gasteiger partial charge in [0.15, 0.2) is 0 Å². The van der Waals surface area contributed by atoms with Gasteiger partial charge in [0, 0.05) is 24.6 Å². The van der Waals surface area contributed by atoms with Crippen LogP contribution in [0.3, 0.4) is 0 Å². The van der Waals surface area contributed by atoms with Crippen LogP contribution in [0.25, 0.3) is 0 Å². The van der Waals surface area contributed by atoms with E-state index in [1.165, 1.54) is 24.4 Å². The smallest absolute Gasteiger partial charge is 0.228 e. The van der Waals surface area contributed by atoms with Gasteiger partial charge >= 0.3 is 0 Å². The lowest BCUT2D eigenvalue weighted by Crippen LogP contribution is -2.35. The average molecular weight is 478 g/mol. The largest absolute Gasteiger partial charge is 0.376 e. The molecule has 1 aromatic heterocycles. The molecule has 4 rings (SSSR count). The van der Waals surface area contributed by atoms with Gasteiger partial charge in [0.25, 0.3) is 0 Å². The number of hydrogen-bond donors (Lipinski definition) is 0. The number of imidazole rings is 1. The third-order valence-corrected chi connectivity index (χ3v) is 8.22. The molecule has 9 heteroatoms. The molecule has 1 atom stereocenters. The lowest BCUT2D eigenvalue weighted by Gasteiger charge is -2.25. The molecular formula is C24H32FN3O4S. The Bertz CT molecular complexity index is 1070. The van der Waals surface area contributed by atoms with Gasteiger partial charge in [-0.15, -0.1) is 0 Å². The normalized spacial score (nSPS) is 19.3. The Morgan fingerprint density at radius 1 is 1.21 bits per heavy atom. The maximum absolute atomic E-state index is 14.2. The molecule has 0 N–H and O–H groups in total. The first-order chi connectivity index (χ1) is 15.9. The van der Waals surface area contributed by atoms with Crippen LogP contribution < -0.4 is 0 Å². The van der Waals surface area contributed by atoms with E-state index in [1.807, 2.05) is 6.92 Å². The summed E-state index contributed by atoms with van der Waals surface area (Å²) in [6.45, 7) is 3.76. The van der Waals surface area contributed by atoms with E-state index in [-0.39, 0.29) is 28.6 Å². The van der Waals surface area contributed by atoms with E-state index in [4.69, 9.17) is 4.74 Å². The number of sulfone groups is 1. The van der Waals surface area contributed by atoms with Crippen molar-refractivity contribution in [3.8, 4) is 0 Å². The molecule has 1 aliphatic carbocycles. The van der Waals surface area contributed by atoms with Crippen LogP contribution in [0.5, 0.6) is 0 Å². The second-order valence-corrected chi connectivity index (χ2v) is 10.8. The Morgan fingerprint density at radius 2 is 1.97 bits per heavy atom. The van der Waals surface area contributed by atoms with E-state index in [2.05, 4.69) is 4.98 Å². The van der Waals surface area contributed by atoms with E-state index in [0.717, 1.165) is 38.5 Å². The molecule has 2 fully saturated rings. The maximum atomic E-state index is 14.2. The van der Waals surface area contributed by atoms with Crippen LogP contribution in [0.4, 0.5) is 4.39 Å². The fraction of sp³-hybridized carbons (Fsp3) is 0.583. The Labute approximate surface area is 194 Å². The van der Waals surface area contributed by atoms with Gasteiger partial charge in [-0.3, -0.25) is 4.79 Å². The highest BCUT2D eigenvalue weighted by Crippen LogP contribution is 2.28. The summed E-state index contributed by atoms with van der Waals surface area (Å²) in [6.07, 6.45) is 7.15. The fourth-order valence-electron chi connectivity index (χ4n) is 4.81. The average Bonchev–Trinajstić information content (AvgIpc) is 3.56. The summed E-state index contributed by atoms with van der Waals surface area (Å²) < 4.78 is 48.2. The van der Waals surface area contributed by atoms with Gasteiger partial charge < -0.3 is 14.2 Å². The number of carbonyl (C=O) groups excluding carboxylic acids is 1. The number of ether oxygens (including phenoxy) is 1. The first-order valence-corrected chi connectivity index (χ1v) is 13.4. The number of aromatic nitrogens is 2. The highest BCUT2D eigenvalue weighted by molar-refractivity contribution is 7.90. The van der Waals surface area contributed by atoms with Gasteiger partial charge in [0.1, 0.15) is 5.82 Å². The Kier molecular flexibility index (Phi) is 7.48. The Morgan fingerprint density at radius 3 is 2.64 bits per heavy atom. The van der Waals surface area contributed by atoms with E-state index in [9.17, 15) is 17.6 Å². The number of rotatable bonds is 9. The SMILES string of the molecule is CCN(Cc1cnc(S(=O)(=O)Cc2ccccc2F)n1C[C@@H]1CCCO1)C(=O)C1CCCC1. The molecule has 2 heterocycles. The van der Waals surface area contributed by atoms with Gasteiger partial charge in [-0.2, -0.15) is 0 Å². The molecule has 1 saturated heterocycles. The molecule has 1 aliphatic heterocycles. The van der Waals surface area contributed by atoms with Crippen molar-refractivity contribution in [2.45, 2.75) is 75.6 Å². The van der Waals surface area contributed by atoms with E-state index in [0.29, 0.717) is 31.9 Å². The van der Waals surface area contributed by atoms with Gasteiger partial charge in [-0.1, -0.05) is 31.0 Å². The molecule has 1 saturated carbocycles. The number of nitrogens with zero attached hydrogens (tertiary/aromatic N) is 3. The molecule has 0 unspecified atom stereocenters. The topological polar surface area (TPSA) is 81.5 Å². The van der Waals surface area contributed by atoms with Crippen molar-refractivity contribution in [1.29, 1.82) is 0 Å². The minimum Gasteiger partial charge on any atom is -0.376 e. The summed E-state index contributed by atoms with van der Waals surface area (Å²) in [4.78, 5) is 19.1. The van der Waals surface area contributed by atoms with Crippen molar-refractivity contribution < 1.29 is 22.3 Å². The molecule has 7 nitrogen and oxygen atoms in total. The van der Waals surface area contributed by atoms with E-state index in [1.54, 1.807) is 15.5 Å². The number of hydrogen-bond acceptors (Lipinski definition) is 5. The third-order valence-electron chi connectivity index (χ3n) is 6.64. The third kappa shape index (κ3) is 5.46. The van der Waals surface area contributed by atoms with Crippen molar-refractivity contribution in [1.82, 2.24) is 14.5 Å². The molecule has 33 heavy (non-hydrogen) atoms. The molecule has 1 amide bonds. The molecule has 1 aromatic carbocycles. The Hall–Kier alpha value is -2.26. The van der Waals surface area contributed by atoms with Crippen LogP contribution >= 0.6 is 0 Å². The molecule has 0 spiro atoms. The highest BCUT2D eigenvalue weighted by atomic mass is 32.2. The minimum atomic E-state index is -3.91. The molecular weight excluding hydrogens is 445 g/mol. The molecule has 0 radical (unpaired) electrons. The van der Waals surface area contributed by atoms with Crippen LogP contribution in [-0.2, 0) is 38.2 Å². The summed E-state index contributed by atoms with van der Waals surface area (Å²) in [5.41, 5.74) is 0.767. The van der Waals surface area contributed by atoms with E-state index < -0.39 is 21.4 Å². The van der Waals surface area contributed by atoms with Gasteiger partial charge in [0.05, 0.1) is 36.8 Å². The van der Waals surface area contributed by atoms with Crippen molar-refractivity contribution >= 4 is 15.7 Å². The minimum absolute atomic E-state index is 0.0451. The second-order valence-electron chi connectivity index (χ2n) is 8.96. The molecule has 2 aromatic rings. The van der Waals surface area contributed by atoms with Gasteiger partial charge in [-0.05, 0) is 38.7 Å². The van der Waals surface area contributed by atoms with Gasteiger partial charge in [0.2, 0.25) is 20.9 Å². The summed E-state index contributed by atoms with van der Waals surface area (Å²) in [7, 11) is -3.91. The van der Waals surface area contributed by atoms with Crippen LogP contribution in [-0.4, -0.2) is 48.0 Å². The first-order valence-electron chi connectivity index (χ1n) is 11.8. The Balaban J connectivity index is 1.63. The zero-order valence-electron chi connectivity index (χ0n) is 19.1. The molecule has 180 valence electrons. The number of carbonyl (C=O) groups is 1. The second kappa shape index (κ2) is 10.3. The predicted octanol–water partition coefficient (Wildman–Crippen LogP) is 3.71. The van der Waals surface area contributed by atoms with Crippen molar-refractivity contribution in [2.24, 2.45) is 5.92 Å². The summed E-state index contributed by atoms with van der Waals surface area (Å²) in [6, 6.07) is 5.87. The summed E-state index contributed by atoms with van der Waals surface area (Å²) >= 11 is 0. The summed E-state index contributed by atoms with van der Waals surface area (Å²) in [5, 5.41) is -0.0966. The van der Waals surface area contributed by atoms with Crippen LogP contribution in [0.2, 0.25) is 0 Å². The highest BCUT2D eigenvalue weighted by Gasteiger charge is 2.31. The molecule has 0 bridgehead atoms. The fourth-order valence-corrected chi connectivity index (χ4v) is 6.32. The molecule has 2 aliphatic rings. The predicted molar refractivity (Wildman–Crippen MR) is 122 cm³/mol. The van der Waals surface area contributed by atoms with Crippen LogP contribution in [0.1, 0.15) is 56.7 Å². The van der Waals surface area contributed by atoms with Crippen LogP contribution in [0, 0.1) is 11.7 Å². The standard InChI is InChI=1S/C24H32FN3O4S/c1-2-27(23(29)18-8-3-4-9-18)15-20-14-26-24(28(20)16-21-11-7-13-32-21)33(30,31)17-19-10-5-6-12-22(19)25/h5-6,10,12,14,18,21H,2-4,7-9,11,13,15-17H2,1H3/t21-/m0/s1. The number of amides is 1. The van der Waals surface area contributed by atoms with Crippen molar-refractivity contribution in [3.63, 3.8) is 0 Å². The zero-order chi connectivity index (χ0) is 23.4. The quantitative estimate of drug-likeness (QED) is 0.550.